The van der Waals surface area contributed by atoms with E-state index in [-0.39, 0.29) is 18.5 Å². The Hall–Kier alpha value is -3.70. The second kappa shape index (κ2) is 10.6. The van der Waals surface area contributed by atoms with Crippen LogP contribution in [0, 0.1) is 0 Å². The summed E-state index contributed by atoms with van der Waals surface area (Å²) in [5.74, 6) is -4.46. The van der Waals surface area contributed by atoms with Crippen molar-refractivity contribution in [3.8, 4) is 0 Å². The lowest BCUT2D eigenvalue weighted by Crippen LogP contribution is -2.40. The predicted molar refractivity (Wildman–Crippen MR) is 104 cm³/mol. The fourth-order valence-corrected chi connectivity index (χ4v) is 2.91. The fraction of sp³-hybridized carbons (Fsp3) is 0.300. The number of likely N-dealkylation sites (tertiary alicyclic amines) is 1. The smallest absolute Gasteiger partial charge is 0.480 e. The molecule has 1 aliphatic rings. The Morgan fingerprint density at radius 1 is 1.12 bits per heavy atom. The summed E-state index contributed by atoms with van der Waals surface area (Å²) < 4.78 is 45.4. The van der Waals surface area contributed by atoms with Gasteiger partial charge in [0.25, 0.3) is 5.91 Å². The molecule has 3 N–H and O–H groups in total. The third kappa shape index (κ3) is 6.65. The zero-order valence-electron chi connectivity index (χ0n) is 16.4. The number of benzene rings is 1. The molecule has 2 atom stereocenters. The zero-order chi connectivity index (χ0) is 23.9. The van der Waals surface area contributed by atoms with Gasteiger partial charge in [0, 0.05) is 19.2 Å². The molecule has 1 amide bonds. The van der Waals surface area contributed by atoms with Crippen molar-refractivity contribution in [2.75, 3.05) is 11.9 Å². The van der Waals surface area contributed by atoms with Gasteiger partial charge in [-0.2, -0.15) is 13.2 Å². The molecule has 1 aromatic heterocycles. The number of rotatable bonds is 5. The maximum atomic E-state index is 13.6. The Morgan fingerprint density at radius 3 is 2.31 bits per heavy atom. The molecule has 0 saturated carbocycles. The number of carboxylic acid groups (broad SMARTS) is 2. The van der Waals surface area contributed by atoms with Gasteiger partial charge in [-0.05, 0) is 11.6 Å². The van der Waals surface area contributed by atoms with Crippen LogP contribution in [0.3, 0.4) is 0 Å². The number of carbonyl (C=O) groups excluding carboxylic acids is 1. The lowest BCUT2D eigenvalue weighted by Gasteiger charge is -2.22. The number of nitrogens with one attached hydrogen (secondary N) is 1. The van der Waals surface area contributed by atoms with Crippen molar-refractivity contribution in [1.29, 1.82) is 0 Å². The van der Waals surface area contributed by atoms with Crippen molar-refractivity contribution in [1.82, 2.24) is 9.88 Å². The van der Waals surface area contributed by atoms with Crippen LogP contribution in [0.2, 0.25) is 0 Å². The highest BCUT2D eigenvalue weighted by Crippen LogP contribution is 2.25. The van der Waals surface area contributed by atoms with Crippen molar-refractivity contribution >= 4 is 23.5 Å². The molecular weight excluding hydrogens is 438 g/mol. The van der Waals surface area contributed by atoms with Gasteiger partial charge in [0.2, 0.25) is 0 Å². The Bertz CT molecular complexity index is 956. The van der Waals surface area contributed by atoms with Crippen LogP contribution in [0.5, 0.6) is 0 Å². The number of aliphatic carboxylic acids is 2. The molecule has 1 saturated heterocycles. The largest absolute Gasteiger partial charge is 0.490 e. The molecule has 1 aliphatic heterocycles. The van der Waals surface area contributed by atoms with E-state index in [1.165, 1.54) is 18.5 Å². The summed E-state index contributed by atoms with van der Waals surface area (Å²) in [4.78, 5) is 38.1. The Kier molecular flexibility index (Phi) is 8.10. The molecule has 2 aromatic rings. The molecule has 1 aromatic carbocycles. The van der Waals surface area contributed by atoms with Gasteiger partial charge < -0.3 is 20.4 Å². The Labute approximate surface area is 179 Å². The van der Waals surface area contributed by atoms with Crippen molar-refractivity contribution in [2.45, 2.75) is 31.4 Å². The van der Waals surface area contributed by atoms with Crippen LogP contribution in [-0.2, 0) is 16.1 Å². The van der Waals surface area contributed by atoms with E-state index in [2.05, 4.69) is 10.3 Å². The summed E-state index contributed by atoms with van der Waals surface area (Å²) in [6, 6.07) is 10.00. The predicted octanol–water partition coefficient (Wildman–Crippen LogP) is 2.96. The highest BCUT2D eigenvalue weighted by Gasteiger charge is 2.40. The number of anilines is 1. The number of alkyl halides is 4. The number of aromatic nitrogens is 1. The van der Waals surface area contributed by atoms with Gasteiger partial charge in [-0.1, -0.05) is 30.3 Å². The summed E-state index contributed by atoms with van der Waals surface area (Å²) in [5.41, 5.74) is 1.80. The van der Waals surface area contributed by atoms with Crippen LogP contribution in [0.15, 0.2) is 48.8 Å². The molecule has 2 heterocycles. The van der Waals surface area contributed by atoms with Gasteiger partial charge in [0.1, 0.15) is 12.2 Å². The van der Waals surface area contributed by atoms with Crippen molar-refractivity contribution in [2.24, 2.45) is 0 Å². The van der Waals surface area contributed by atoms with Crippen LogP contribution in [0.25, 0.3) is 0 Å². The van der Waals surface area contributed by atoms with Crippen LogP contribution in [0.1, 0.15) is 22.3 Å². The average Bonchev–Trinajstić information content (AvgIpc) is 3.14. The molecule has 0 bridgehead atoms. The summed E-state index contributed by atoms with van der Waals surface area (Å²) in [6.45, 7) is 0.275. The molecule has 0 spiro atoms. The lowest BCUT2D eigenvalue weighted by molar-refractivity contribution is -0.192. The quantitative estimate of drug-likeness (QED) is 0.591. The van der Waals surface area contributed by atoms with E-state index < -0.39 is 36.2 Å². The topological polar surface area (TPSA) is 120 Å². The molecular formula is C20H19F4N3O5. The number of nitrogens with zero attached hydrogens (tertiary/aromatic N) is 2. The first-order chi connectivity index (χ1) is 15.0. The first-order valence-corrected chi connectivity index (χ1v) is 9.20. The molecule has 32 heavy (non-hydrogen) atoms. The van der Waals surface area contributed by atoms with Crippen LogP contribution < -0.4 is 5.32 Å². The highest BCUT2D eigenvalue weighted by molar-refractivity contribution is 6.01. The first kappa shape index (κ1) is 24.6. The normalized spacial score (nSPS) is 17.8. The number of amides is 1. The summed E-state index contributed by atoms with van der Waals surface area (Å²) in [7, 11) is 0. The summed E-state index contributed by atoms with van der Waals surface area (Å²) >= 11 is 0. The second-order valence-corrected chi connectivity index (χ2v) is 6.71. The van der Waals surface area contributed by atoms with Gasteiger partial charge in [-0.3, -0.25) is 9.78 Å². The third-order valence-electron chi connectivity index (χ3n) is 4.42. The number of hydrogen-bond donors (Lipinski definition) is 3. The van der Waals surface area contributed by atoms with E-state index in [0.717, 1.165) is 10.5 Å². The van der Waals surface area contributed by atoms with Crippen LogP contribution in [-0.4, -0.2) is 62.9 Å². The summed E-state index contributed by atoms with van der Waals surface area (Å²) in [5, 5.41) is 19.5. The zero-order valence-corrected chi connectivity index (χ0v) is 16.4. The average molecular weight is 457 g/mol. The molecule has 8 nitrogen and oxygen atoms in total. The number of pyridine rings is 1. The van der Waals surface area contributed by atoms with Crippen LogP contribution >= 0.6 is 0 Å². The molecule has 3 rings (SSSR count). The monoisotopic (exact) mass is 457 g/mol. The number of halogens is 4. The van der Waals surface area contributed by atoms with E-state index in [0.29, 0.717) is 12.2 Å². The Balaban J connectivity index is 0.000000451. The van der Waals surface area contributed by atoms with Crippen molar-refractivity contribution in [3.63, 3.8) is 0 Å². The molecule has 0 radical (unpaired) electrons. The maximum Gasteiger partial charge on any atom is 0.490 e. The fourth-order valence-electron chi connectivity index (χ4n) is 2.91. The van der Waals surface area contributed by atoms with E-state index in [9.17, 15) is 32.3 Å². The van der Waals surface area contributed by atoms with Crippen molar-refractivity contribution in [3.05, 3.63) is 59.9 Å². The number of carbonyl (C=O) groups is 3. The van der Waals surface area contributed by atoms with Gasteiger partial charge in [-0.25, -0.2) is 14.0 Å². The van der Waals surface area contributed by atoms with Gasteiger partial charge in [-0.15, -0.1) is 0 Å². The molecule has 0 unspecified atom stereocenters. The standard InChI is InChI=1S/C18H18FN3O3.C2HF3O2/c19-13-8-16(18(24)25)22(11-13)17(23)14-6-7-20-10-15(14)21-9-12-4-2-1-3-5-12;3-2(4,5)1(6)7/h1-7,10,13,16,21H,8-9,11H2,(H,24,25);(H,6,7)/t13-,16-;/m0./s1. The van der Waals surface area contributed by atoms with E-state index >= 15 is 0 Å². The van der Waals surface area contributed by atoms with Crippen molar-refractivity contribution < 1.29 is 42.2 Å². The van der Waals surface area contributed by atoms with Crippen LogP contribution in [0.4, 0.5) is 23.2 Å². The Morgan fingerprint density at radius 2 is 1.75 bits per heavy atom. The second-order valence-electron chi connectivity index (χ2n) is 6.71. The molecule has 12 heteroatoms. The van der Waals surface area contributed by atoms with Gasteiger partial charge in [0.15, 0.2) is 0 Å². The first-order valence-electron chi connectivity index (χ1n) is 9.20. The van der Waals surface area contributed by atoms with E-state index in [4.69, 9.17) is 9.90 Å². The van der Waals surface area contributed by atoms with Gasteiger partial charge in [0.05, 0.1) is 24.0 Å². The lowest BCUT2D eigenvalue weighted by atomic mass is 10.1. The number of carboxylic acids is 2. The molecule has 172 valence electrons. The maximum absolute atomic E-state index is 13.6. The SMILES string of the molecule is O=C(O)C(F)(F)F.O=C(O)[C@@H]1C[C@H](F)CN1C(=O)c1ccncc1NCc1ccccc1. The third-order valence-corrected chi connectivity index (χ3v) is 4.42. The number of hydrogen-bond acceptors (Lipinski definition) is 5. The molecule has 0 aliphatic carbocycles. The summed E-state index contributed by atoms with van der Waals surface area (Å²) in [6.07, 6.45) is -3.62. The van der Waals surface area contributed by atoms with E-state index in [1.54, 1.807) is 0 Å². The minimum atomic E-state index is -5.08. The van der Waals surface area contributed by atoms with Gasteiger partial charge >= 0.3 is 18.1 Å². The highest BCUT2D eigenvalue weighted by atomic mass is 19.4. The minimum absolute atomic E-state index is 0.182. The minimum Gasteiger partial charge on any atom is -0.480 e. The molecule has 1 fully saturated rings. The van der Waals surface area contributed by atoms with E-state index in [1.807, 2.05) is 30.3 Å².